The molecule has 0 fully saturated rings. The van der Waals surface area contributed by atoms with Crippen molar-refractivity contribution in [1.29, 1.82) is 0 Å². The Labute approximate surface area is 188 Å². The van der Waals surface area contributed by atoms with E-state index in [2.05, 4.69) is 10.3 Å². The standard InChI is InChI=1S/C18H29F3N4O2S.HI/c1-5-22-17(23-12-7-13-25(6-2)28(4,26)27)24(3)14-15-8-10-16(11-9-15)18(19,20)21;/h8-11H,5-7,12-14H2,1-4H3,(H,22,23);1H. The Morgan fingerprint density at radius 3 is 2.21 bits per heavy atom. The zero-order chi connectivity index (χ0) is 21.4. The molecule has 0 aliphatic carbocycles. The highest BCUT2D eigenvalue weighted by Gasteiger charge is 2.29. The van der Waals surface area contributed by atoms with Gasteiger partial charge in [0, 0.05) is 39.8 Å². The molecule has 0 amide bonds. The topological polar surface area (TPSA) is 65.0 Å². The fourth-order valence-electron chi connectivity index (χ4n) is 2.61. The monoisotopic (exact) mass is 550 g/mol. The molecule has 0 heterocycles. The van der Waals surface area contributed by atoms with Gasteiger partial charge in [0.05, 0.1) is 11.8 Å². The molecule has 0 aliphatic heterocycles. The summed E-state index contributed by atoms with van der Waals surface area (Å²) in [6.45, 7) is 5.98. The lowest BCUT2D eigenvalue weighted by molar-refractivity contribution is -0.137. The van der Waals surface area contributed by atoms with Gasteiger partial charge in [0.15, 0.2) is 5.96 Å². The van der Waals surface area contributed by atoms with Crippen LogP contribution in [0.2, 0.25) is 0 Å². The molecule has 0 unspecified atom stereocenters. The molecule has 29 heavy (non-hydrogen) atoms. The summed E-state index contributed by atoms with van der Waals surface area (Å²) in [5.74, 6) is 0.616. The van der Waals surface area contributed by atoms with Gasteiger partial charge >= 0.3 is 6.18 Å². The molecule has 1 N–H and O–H groups in total. The SMILES string of the molecule is CCNC(=NCCCN(CC)S(C)(=O)=O)N(C)Cc1ccc(C(F)(F)F)cc1.I. The highest BCUT2D eigenvalue weighted by atomic mass is 127. The Hall–Kier alpha value is -1.08. The van der Waals surface area contributed by atoms with Gasteiger partial charge in [-0.3, -0.25) is 4.99 Å². The Morgan fingerprint density at radius 1 is 1.17 bits per heavy atom. The fraction of sp³-hybridized carbons (Fsp3) is 0.611. The van der Waals surface area contributed by atoms with Crippen LogP contribution in [0, 0.1) is 0 Å². The van der Waals surface area contributed by atoms with Crippen molar-refractivity contribution in [2.45, 2.75) is 33.0 Å². The third kappa shape index (κ3) is 9.98. The van der Waals surface area contributed by atoms with Crippen LogP contribution in [0.5, 0.6) is 0 Å². The van der Waals surface area contributed by atoms with Crippen molar-refractivity contribution in [2.75, 3.05) is 39.5 Å². The molecule has 0 atom stereocenters. The number of alkyl halides is 3. The van der Waals surface area contributed by atoms with E-state index in [4.69, 9.17) is 0 Å². The Kier molecular flexibility index (Phi) is 12.1. The van der Waals surface area contributed by atoms with Gasteiger partial charge in [-0.2, -0.15) is 13.2 Å². The number of sulfonamides is 1. The van der Waals surface area contributed by atoms with E-state index in [1.807, 2.05) is 11.8 Å². The number of halogens is 4. The zero-order valence-corrected chi connectivity index (χ0v) is 20.3. The third-order valence-electron chi connectivity index (χ3n) is 4.05. The molecular weight excluding hydrogens is 520 g/mol. The normalized spacial score (nSPS) is 12.6. The number of hydrogen-bond donors (Lipinski definition) is 1. The van der Waals surface area contributed by atoms with Crippen molar-refractivity contribution < 1.29 is 21.6 Å². The number of rotatable bonds is 9. The van der Waals surface area contributed by atoms with Gasteiger partial charge in [-0.15, -0.1) is 24.0 Å². The number of nitrogens with one attached hydrogen (secondary N) is 1. The minimum Gasteiger partial charge on any atom is -0.357 e. The minimum absolute atomic E-state index is 0. The Morgan fingerprint density at radius 2 is 1.76 bits per heavy atom. The third-order valence-corrected chi connectivity index (χ3v) is 5.43. The molecule has 0 spiro atoms. The highest BCUT2D eigenvalue weighted by Crippen LogP contribution is 2.29. The van der Waals surface area contributed by atoms with E-state index in [0.29, 0.717) is 45.1 Å². The van der Waals surface area contributed by atoms with Gasteiger partial charge in [0.25, 0.3) is 0 Å². The molecule has 0 saturated carbocycles. The Bertz CT molecular complexity index is 740. The largest absolute Gasteiger partial charge is 0.416 e. The van der Waals surface area contributed by atoms with Gasteiger partial charge < -0.3 is 10.2 Å². The summed E-state index contributed by atoms with van der Waals surface area (Å²) in [6, 6.07) is 5.04. The minimum atomic E-state index is -4.35. The maximum absolute atomic E-state index is 12.7. The number of aliphatic imine (C=N–C) groups is 1. The summed E-state index contributed by atoms with van der Waals surface area (Å²) in [6.07, 6.45) is -2.59. The molecule has 11 heteroatoms. The molecule has 0 aromatic heterocycles. The van der Waals surface area contributed by atoms with Crippen LogP contribution < -0.4 is 5.32 Å². The maximum Gasteiger partial charge on any atom is 0.416 e. The van der Waals surface area contributed by atoms with Crippen molar-refractivity contribution in [1.82, 2.24) is 14.5 Å². The Balaban J connectivity index is 0.00000784. The lowest BCUT2D eigenvalue weighted by Gasteiger charge is -2.23. The molecule has 1 rings (SSSR count). The van der Waals surface area contributed by atoms with Crippen LogP contribution in [0.3, 0.4) is 0 Å². The maximum atomic E-state index is 12.7. The van der Waals surface area contributed by atoms with E-state index in [-0.39, 0.29) is 24.0 Å². The second-order valence-corrected chi connectivity index (χ2v) is 8.38. The lowest BCUT2D eigenvalue weighted by atomic mass is 10.1. The predicted octanol–water partition coefficient (Wildman–Crippen LogP) is 3.39. The molecule has 1 aromatic carbocycles. The van der Waals surface area contributed by atoms with Crippen molar-refractivity contribution >= 4 is 40.0 Å². The van der Waals surface area contributed by atoms with E-state index in [0.717, 1.165) is 17.7 Å². The van der Waals surface area contributed by atoms with E-state index >= 15 is 0 Å². The summed E-state index contributed by atoms with van der Waals surface area (Å²) in [5.41, 5.74) is 0.0566. The van der Waals surface area contributed by atoms with Crippen LogP contribution >= 0.6 is 24.0 Å². The number of hydrogen-bond acceptors (Lipinski definition) is 3. The van der Waals surface area contributed by atoms with Crippen molar-refractivity contribution in [3.63, 3.8) is 0 Å². The van der Waals surface area contributed by atoms with E-state index in [9.17, 15) is 21.6 Å². The summed E-state index contributed by atoms with van der Waals surface area (Å²) < 4.78 is 62.5. The van der Waals surface area contributed by atoms with E-state index < -0.39 is 21.8 Å². The lowest BCUT2D eigenvalue weighted by Crippen LogP contribution is -2.38. The second-order valence-electron chi connectivity index (χ2n) is 6.39. The van der Waals surface area contributed by atoms with Crippen molar-refractivity contribution in [2.24, 2.45) is 4.99 Å². The fourth-order valence-corrected chi connectivity index (χ4v) is 3.54. The van der Waals surface area contributed by atoms with E-state index in [1.54, 1.807) is 14.0 Å². The molecule has 1 aromatic rings. The molecule has 0 radical (unpaired) electrons. The molecule has 6 nitrogen and oxygen atoms in total. The number of benzene rings is 1. The summed E-state index contributed by atoms with van der Waals surface area (Å²) in [4.78, 5) is 6.30. The van der Waals surface area contributed by atoms with Crippen LogP contribution in [0.4, 0.5) is 13.2 Å². The van der Waals surface area contributed by atoms with Gasteiger partial charge in [-0.05, 0) is 31.0 Å². The van der Waals surface area contributed by atoms with Crippen LogP contribution in [0.15, 0.2) is 29.3 Å². The van der Waals surface area contributed by atoms with E-state index in [1.165, 1.54) is 22.7 Å². The first-order valence-electron chi connectivity index (χ1n) is 9.09. The molecule has 0 saturated heterocycles. The van der Waals surface area contributed by atoms with Crippen LogP contribution in [-0.2, 0) is 22.7 Å². The molecule has 0 bridgehead atoms. The quantitative estimate of drug-likeness (QED) is 0.222. The average Bonchev–Trinajstić information content (AvgIpc) is 2.59. The zero-order valence-electron chi connectivity index (χ0n) is 17.2. The van der Waals surface area contributed by atoms with Crippen LogP contribution in [0.25, 0.3) is 0 Å². The molecule has 0 aliphatic rings. The summed E-state index contributed by atoms with van der Waals surface area (Å²) in [5, 5.41) is 3.13. The second kappa shape index (κ2) is 12.6. The van der Waals surface area contributed by atoms with Gasteiger partial charge in [-0.1, -0.05) is 19.1 Å². The van der Waals surface area contributed by atoms with Crippen LogP contribution in [0.1, 0.15) is 31.4 Å². The molecular formula is C18H30F3IN4O2S. The average molecular weight is 550 g/mol. The summed E-state index contributed by atoms with van der Waals surface area (Å²) in [7, 11) is -1.42. The summed E-state index contributed by atoms with van der Waals surface area (Å²) >= 11 is 0. The number of nitrogens with zero attached hydrogens (tertiary/aromatic N) is 3. The van der Waals surface area contributed by atoms with Gasteiger partial charge in [-0.25, -0.2) is 12.7 Å². The van der Waals surface area contributed by atoms with Crippen molar-refractivity contribution in [3.8, 4) is 0 Å². The van der Waals surface area contributed by atoms with Crippen LogP contribution in [-0.4, -0.2) is 63.1 Å². The highest BCUT2D eigenvalue weighted by molar-refractivity contribution is 14.0. The first-order chi connectivity index (χ1) is 13.0. The number of guanidine groups is 1. The van der Waals surface area contributed by atoms with Gasteiger partial charge in [0.2, 0.25) is 10.0 Å². The predicted molar refractivity (Wildman–Crippen MR) is 121 cm³/mol. The van der Waals surface area contributed by atoms with Crippen molar-refractivity contribution in [3.05, 3.63) is 35.4 Å². The molecule has 168 valence electrons. The van der Waals surface area contributed by atoms with Gasteiger partial charge in [0.1, 0.15) is 0 Å². The first kappa shape index (κ1) is 27.9. The smallest absolute Gasteiger partial charge is 0.357 e. The first-order valence-corrected chi connectivity index (χ1v) is 10.9.